The van der Waals surface area contributed by atoms with Crippen molar-refractivity contribution >= 4 is 35.8 Å². The molecule has 1 amide bonds. The Bertz CT molecular complexity index is 579. The maximum atomic E-state index is 12.0. The van der Waals surface area contributed by atoms with Gasteiger partial charge in [-0.1, -0.05) is 32.9 Å². The van der Waals surface area contributed by atoms with Gasteiger partial charge in [0.15, 0.2) is 5.96 Å². The summed E-state index contributed by atoms with van der Waals surface area (Å²) >= 11 is 0. The quantitative estimate of drug-likeness (QED) is 0.275. The molecule has 148 valence electrons. The van der Waals surface area contributed by atoms with Gasteiger partial charge in [0.05, 0.1) is 0 Å². The summed E-state index contributed by atoms with van der Waals surface area (Å²) in [5, 5.41) is 6.68. The number of aliphatic imine (C=N–C) groups is 1. The molecule has 26 heavy (non-hydrogen) atoms. The van der Waals surface area contributed by atoms with Crippen LogP contribution in [0.2, 0.25) is 0 Å². The topological polar surface area (TPSA) is 56.7 Å². The van der Waals surface area contributed by atoms with Crippen molar-refractivity contribution < 1.29 is 4.79 Å². The number of halogens is 1. The van der Waals surface area contributed by atoms with E-state index >= 15 is 0 Å². The smallest absolute Gasteiger partial charge is 0.253 e. The number of guanidine groups is 1. The predicted octanol–water partition coefficient (Wildman–Crippen LogP) is 3.54. The molecule has 1 aromatic rings. The molecule has 0 saturated carbocycles. The molecule has 0 heterocycles. The molecule has 6 heteroatoms. The van der Waals surface area contributed by atoms with Crippen LogP contribution in [0.3, 0.4) is 0 Å². The Morgan fingerprint density at radius 3 is 2.38 bits per heavy atom. The minimum atomic E-state index is 0. The highest BCUT2D eigenvalue weighted by atomic mass is 127. The number of carbonyl (C=O) groups excluding carboxylic acids is 1. The average molecular weight is 474 g/mol. The minimum absolute atomic E-state index is 0. The van der Waals surface area contributed by atoms with Crippen LogP contribution in [0, 0.1) is 5.41 Å². The molecule has 1 rings (SSSR count). The lowest BCUT2D eigenvalue weighted by atomic mass is 9.91. The van der Waals surface area contributed by atoms with Gasteiger partial charge in [0.1, 0.15) is 0 Å². The highest BCUT2D eigenvalue weighted by molar-refractivity contribution is 14.0. The molecule has 5 nitrogen and oxygen atoms in total. The minimum Gasteiger partial charge on any atom is -0.356 e. The molecular formula is C20H35IN4O. The van der Waals surface area contributed by atoms with Crippen LogP contribution in [0.25, 0.3) is 0 Å². The van der Waals surface area contributed by atoms with Crippen LogP contribution in [0.5, 0.6) is 0 Å². The number of hydrogen-bond donors (Lipinski definition) is 2. The number of amides is 1. The highest BCUT2D eigenvalue weighted by Crippen LogP contribution is 2.19. The van der Waals surface area contributed by atoms with Crippen LogP contribution >= 0.6 is 24.0 Å². The van der Waals surface area contributed by atoms with Gasteiger partial charge in [0.25, 0.3) is 5.91 Å². The van der Waals surface area contributed by atoms with Gasteiger partial charge >= 0.3 is 0 Å². The number of nitrogens with zero attached hydrogens (tertiary/aromatic N) is 2. The fraction of sp³-hybridized carbons (Fsp3) is 0.600. The van der Waals surface area contributed by atoms with Crippen LogP contribution in [-0.4, -0.2) is 51.0 Å². The van der Waals surface area contributed by atoms with E-state index in [1.165, 1.54) is 6.42 Å². The van der Waals surface area contributed by atoms with E-state index in [0.717, 1.165) is 43.0 Å². The van der Waals surface area contributed by atoms with Gasteiger partial charge in [-0.3, -0.25) is 9.79 Å². The highest BCUT2D eigenvalue weighted by Gasteiger charge is 2.10. The lowest BCUT2D eigenvalue weighted by molar-refractivity contribution is 0.0827. The Kier molecular flexibility index (Phi) is 11.5. The van der Waals surface area contributed by atoms with Crippen molar-refractivity contribution in [2.45, 2.75) is 40.0 Å². The van der Waals surface area contributed by atoms with Crippen LogP contribution in [0.1, 0.15) is 49.5 Å². The zero-order chi connectivity index (χ0) is 18.9. The van der Waals surface area contributed by atoms with E-state index in [0.29, 0.717) is 5.41 Å². The van der Waals surface area contributed by atoms with E-state index < -0.39 is 0 Å². The zero-order valence-corrected chi connectivity index (χ0v) is 19.4. The molecule has 0 bridgehead atoms. The van der Waals surface area contributed by atoms with Crippen LogP contribution < -0.4 is 10.6 Å². The summed E-state index contributed by atoms with van der Waals surface area (Å²) in [6, 6.07) is 7.80. The van der Waals surface area contributed by atoms with E-state index in [2.05, 4.69) is 36.4 Å². The first-order chi connectivity index (χ1) is 11.7. The fourth-order valence-electron chi connectivity index (χ4n) is 2.49. The molecule has 0 aliphatic carbocycles. The summed E-state index contributed by atoms with van der Waals surface area (Å²) in [6.45, 7) is 8.47. The third-order valence-electron chi connectivity index (χ3n) is 3.91. The number of carbonyl (C=O) groups is 1. The Balaban J connectivity index is 0.00000625. The Morgan fingerprint density at radius 1 is 1.15 bits per heavy atom. The first-order valence-corrected chi connectivity index (χ1v) is 8.98. The molecule has 0 unspecified atom stereocenters. The van der Waals surface area contributed by atoms with Crippen LogP contribution in [0.4, 0.5) is 0 Å². The summed E-state index contributed by atoms with van der Waals surface area (Å²) in [7, 11) is 5.33. The maximum absolute atomic E-state index is 12.0. The second-order valence-corrected chi connectivity index (χ2v) is 7.74. The lowest BCUT2D eigenvalue weighted by Gasteiger charge is -2.18. The molecule has 0 fully saturated rings. The molecule has 0 aromatic heterocycles. The number of benzene rings is 1. The van der Waals surface area contributed by atoms with Crippen molar-refractivity contribution in [3.63, 3.8) is 0 Å². The third-order valence-corrected chi connectivity index (χ3v) is 3.91. The summed E-state index contributed by atoms with van der Waals surface area (Å²) in [5.41, 5.74) is 2.24. The molecule has 0 radical (unpaired) electrons. The Hall–Kier alpha value is -1.31. The van der Waals surface area contributed by atoms with Crippen molar-refractivity contribution in [3.8, 4) is 0 Å². The van der Waals surface area contributed by atoms with E-state index in [1.807, 2.05) is 24.3 Å². The molecule has 1 aromatic carbocycles. The molecule has 0 aliphatic rings. The van der Waals surface area contributed by atoms with Gasteiger partial charge in [-0.15, -0.1) is 24.0 Å². The first-order valence-electron chi connectivity index (χ1n) is 8.98. The van der Waals surface area contributed by atoms with E-state index in [4.69, 9.17) is 0 Å². The molecular weight excluding hydrogens is 439 g/mol. The van der Waals surface area contributed by atoms with Crippen molar-refractivity contribution in [2.24, 2.45) is 10.4 Å². The lowest BCUT2D eigenvalue weighted by Crippen LogP contribution is -2.38. The Labute approximate surface area is 176 Å². The van der Waals surface area contributed by atoms with Crippen molar-refractivity contribution in [2.75, 3.05) is 34.2 Å². The molecule has 0 saturated heterocycles. The average Bonchev–Trinajstić information content (AvgIpc) is 2.55. The van der Waals surface area contributed by atoms with Crippen molar-refractivity contribution in [1.29, 1.82) is 0 Å². The second kappa shape index (κ2) is 12.1. The Morgan fingerprint density at radius 2 is 1.81 bits per heavy atom. The SMILES string of the molecule is CN=C(NCCCC(C)(C)C)NCCc1cccc(C(=O)N(C)C)c1.I. The van der Waals surface area contributed by atoms with Gasteiger partial charge < -0.3 is 15.5 Å². The largest absolute Gasteiger partial charge is 0.356 e. The number of hydrogen-bond acceptors (Lipinski definition) is 2. The zero-order valence-electron chi connectivity index (χ0n) is 17.1. The number of rotatable bonds is 7. The van der Waals surface area contributed by atoms with Crippen molar-refractivity contribution in [3.05, 3.63) is 35.4 Å². The van der Waals surface area contributed by atoms with Gasteiger partial charge in [-0.25, -0.2) is 0 Å². The van der Waals surface area contributed by atoms with Crippen molar-refractivity contribution in [1.82, 2.24) is 15.5 Å². The van der Waals surface area contributed by atoms with Gasteiger partial charge in [0, 0.05) is 39.8 Å². The van der Waals surface area contributed by atoms with Gasteiger partial charge in [-0.2, -0.15) is 0 Å². The van der Waals surface area contributed by atoms with E-state index in [1.54, 1.807) is 26.0 Å². The fourth-order valence-corrected chi connectivity index (χ4v) is 2.49. The summed E-state index contributed by atoms with van der Waals surface area (Å²) in [6.07, 6.45) is 3.15. The standard InChI is InChI=1S/C20H34N4O.HI/c1-20(2,3)12-8-13-22-19(21-4)23-14-11-16-9-7-10-17(15-16)18(25)24(5)6;/h7,9-10,15H,8,11-14H2,1-6H3,(H2,21,22,23);1H. The molecule has 0 spiro atoms. The summed E-state index contributed by atoms with van der Waals surface area (Å²) < 4.78 is 0. The molecule has 0 aliphatic heterocycles. The van der Waals surface area contributed by atoms with Gasteiger partial charge in [0.2, 0.25) is 0 Å². The molecule has 0 atom stereocenters. The number of nitrogens with one attached hydrogen (secondary N) is 2. The van der Waals surface area contributed by atoms with E-state index in [9.17, 15) is 4.79 Å². The van der Waals surface area contributed by atoms with E-state index in [-0.39, 0.29) is 29.9 Å². The summed E-state index contributed by atoms with van der Waals surface area (Å²) in [4.78, 5) is 17.9. The maximum Gasteiger partial charge on any atom is 0.253 e. The first kappa shape index (κ1) is 24.7. The second-order valence-electron chi connectivity index (χ2n) is 7.74. The summed E-state index contributed by atoms with van der Waals surface area (Å²) in [5.74, 6) is 0.862. The van der Waals surface area contributed by atoms with Crippen LogP contribution in [-0.2, 0) is 6.42 Å². The third kappa shape index (κ3) is 9.99. The molecule has 2 N–H and O–H groups in total. The van der Waals surface area contributed by atoms with Gasteiger partial charge in [-0.05, 0) is 42.4 Å². The normalized spacial score (nSPS) is 11.5. The van der Waals surface area contributed by atoms with Crippen LogP contribution in [0.15, 0.2) is 29.3 Å². The predicted molar refractivity (Wildman–Crippen MR) is 122 cm³/mol. The monoisotopic (exact) mass is 474 g/mol.